The Balaban J connectivity index is 1.44. The van der Waals surface area contributed by atoms with Crippen molar-refractivity contribution in [2.45, 2.75) is 77.2 Å². The second-order valence-electron chi connectivity index (χ2n) is 8.50. The predicted molar refractivity (Wildman–Crippen MR) is 114 cm³/mol. The van der Waals surface area contributed by atoms with Crippen molar-refractivity contribution in [1.29, 1.82) is 0 Å². The highest BCUT2D eigenvalue weighted by Gasteiger charge is 2.17. The highest BCUT2D eigenvalue weighted by molar-refractivity contribution is 5.95. The number of amides is 2. The maximum absolute atomic E-state index is 12.5. The molecule has 0 aliphatic heterocycles. The molecule has 2 aliphatic carbocycles. The Morgan fingerprint density at radius 1 is 0.964 bits per heavy atom. The largest absolute Gasteiger partial charge is 0.376 e. The fraction of sp³-hybridized carbons (Fsp3) is 0.652. The van der Waals surface area contributed by atoms with Gasteiger partial charge in [0.2, 0.25) is 5.91 Å². The lowest BCUT2D eigenvalue weighted by atomic mass is 9.89. The zero-order chi connectivity index (χ0) is 19.8. The third-order valence-electron chi connectivity index (χ3n) is 6.18. The molecule has 5 heteroatoms. The molecule has 28 heavy (non-hydrogen) atoms. The van der Waals surface area contributed by atoms with E-state index in [1.165, 1.54) is 51.4 Å². The standard InChI is InChI=1S/C23H35N3O2/c1-17-14-19(23(28)26-20-10-6-3-7-11-20)12-13-21(17)24-16-22(27)25-15-18-8-4-2-5-9-18/h12-14,18,20,24H,2-11,15-16H2,1H3,(H,25,27)(H,26,28). The molecule has 5 nitrogen and oxygen atoms in total. The number of rotatable bonds is 7. The number of nitrogens with one attached hydrogen (secondary N) is 3. The summed E-state index contributed by atoms with van der Waals surface area (Å²) >= 11 is 0. The van der Waals surface area contributed by atoms with E-state index >= 15 is 0 Å². The number of anilines is 1. The van der Waals surface area contributed by atoms with Crippen LogP contribution in [0.15, 0.2) is 18.2 Å². The molecule has 3 rings (SSSR count). The van der Waals surface area contributed by atoms with Crippen LogP contribution in [0.25, 0.3) is 0 Å². The van der Waals surface area contributed by atoms with Crippen LogP contribution >= 0.6 is 0 Å². The highest BCUT2D eigenvalue weighted by atomic mass is 16.2. The second kappa shape index (κ2) is 10.5. The minimum Gasteiger partial charge on any atom is -0.376 e. The fourth-order valence-corrected chi connectivity index (χ4v) is 4.41. The molecule has 3 N–H and O–H groups in total. The highest BCUT2D eigenvalue weighted by Crippen LogP contribution is 2.23. The van der Waals surface area contributed by atoms with Gasteiger partial charge in [0.1, 0.15) is 0 Å². The molecule has 0 radical (unpaired) electrons. The van der Waals surface area contributed by atoms with Crippen LogP contribution in [0.5, 0.6) is 0 Å². The summed E-state index contributed by atoms with van der Waals surface area (Å²) in [5, 5.41) is 9.41. The van der Waals surface area contributed by atoms with Gasteiger partial charge in [-0.25, -0.2) is 0 Å². The van der Waals surface area contributed by atoms with Crippen LogP contribution in [0.1, 0.15) is 80.1 Å². The lowest BCUT2D eigenvalue weighted by Gasteiger charge is -2.23. The summed E-state index contributed by atoms with van der Waals surface area (Å²) in [6, 6.07) is 5.96. The molecule has 0 spiro atoms. The van der Waals surface area contributed by atoms with Crippen molar-refractivity contribution in [3.8, 4) is 0 Å². The predicted octanol–water partition coefficient (Wildman–Crippen LogP) is 4.17. The Kier molecular flexibility index (Phi) is 7.75. The smallest absolute Gasteiger partial charge is 0.251 e. The molecule has 2 saturated carbocycles. The maximum Gasteiger partial charge on any atom is 0.251 e. The number of carbonyl (C=O) groups is 2. The van der Waals surface area contributed by atoms with Gasteiger partial charge in [0, 0.05) is 23.8 Å². The normalized spacial score (nSPS) is 18.5. The molecule has 0 atom stereocenters. The van der Waals surface area contributed by atoms with E-state index < -0.39 is 0 Å². The molecule has 0 unspecified atom stereocenters. The molecule has 0 saturated heterocycles. The van der Waals surface area contributed by atoms with E-state index in [1.807, 2.05) is 25.1 Å². The van der Waals surface area contributed by atoms with E-state index in [0.29, 0.717) is 17.5 Å². The Morgan fingerprint density at radius 3 is 2.32 bits per heavy atom. The topological polar surface area (TPSA) is 70.2 Å². The van der Waals surface area contributed by atoms with Gasteiger partial charge in [0.05, 0.1) is 6.54 Å². The fourth-order valence-electron chi connectivity index (χ4n) is 4.41. The lowest BCUT2D eigenvalue weighted by Crippen LogP contribution is -2.36. The van der Waals surface area contributed by atoms with Crippen LogP contribution < -0.4 is 16.0 Å². The van der Waals surface area contributed by atoms with Crippen LogP contribution in [-0.4, -0.2) is 30.9 Å². The zero-order valence-electron chi connectivity index (χ0n) is 17.2. The SMILES string of the molecule is Cc1cc(C(=O)NC2CCCCC2)ccc1NCC(=O)NCC1CCCCC1. The van der Waals surface area contributed by atoms with Crippen LogP contribution in [-0.2, 0) is 4.79 Å². The summed E-state index contributed by atoms with van der Waals surface area (Å²) in [4.78, 5) is 24.6. The number of aryl methyl sites for hydroxylation is 1. The Bertz CT molecular complexity index is 662. The van der Waals surface area contributed by atoms with Crippen molar-refractivity contribution in [2.24, 2.45) is 5.92 Å². The van der Waals surface area contributed by atoms with Crippen molar-refractivity contribution in [1.82, 2.24) is 10.6 Å². The van der Waals surface area contributed by atoms with Crippen LogP contribution in [0.4, 0.5) is 5.69 Å². The summed E-state index contributed by atoms with van der Waals surface area (Å²) < 4.78 is 0. The lowest BCUT2D eigenvalue weighted by molar-refractivity contribution is -0.119. The third-order valence-corrected chi connectivity index (χ3v) is 6.18. The van der Waals surface area contributed by atoms with E-state index in [4.69, 9.17) is 0 Å². The Morgan fingerprint density at radius 2 is 1.64 bits per heavy atom. The van der Waals surface area contributed by atoms with Crippen molar-refractivity contribution in [3.63, 3.8) is 0 Å². The monoisotopic (exact) mass is 385 g/mol. The maximum atomic E-state index is 12.5. The van der Waals surface area contributed by atoms with E-state index in [2.05, 4.69) is 16.0 Å². The molecular formula is C23H35N3O2. The first-order valence-corrected chi connectivity index (χ1v) is 11.0. The first kappa shape index (κ1) is 20.7. The molecule has 154 valence electrons. The summed E-state index contributed by atoms with van der Waals surface area (Å²) in [6.45, 7) is 3.03. The van der Waals surface area contributed by atoms with Crippen molar-refractivity contribution in [3.05, 3.63) is 29.3 Å². The van der Waals surface area contributed by atoms with E-state index in [1.54, 1.807) is 0 Å². The number of hydrogen-bond acceptors (Lipinski definition) is 3. The average molecular weight is 386 g/mol. The third kappa shape index (κ3) is 6.25. The van der Waals surface area contributed by atoms with Crippen molar-refractivity contribution in [2.75, 3.05) is 18.4 Å². The van der Waals surface area contributed by atoms with E-state index in [-0.39, 0.29) is 18.4 Å². The van der Waals surface area contributed by atoms with Gasteiger partial charge in [-0.3, -0.25) is 9.59 Å². The van der Waals surface area contributed by atoms with Crippen molar-refractivity contribution >= 4 is 17.5 Å². The molecule has 2 fully saturated rings. The average Bonchev–Trinajstić information content (AvgIpc) is 2.72. The minimum atomic E-state index is 0.00627. The Hall–Kier alpha value is -2.04. The molecule has 2 aliphatic rings. The number of benzene rings is 1. The molecule has 0 bridgehead atoms. The summed E-state index contributed by atoms with van der Waals surface area (Å²) in [5.41, 5.74) is 2.58. The first-order valence-electron chi connectivity index (χ1n) is 11.0. The van der Waals surface area contributed by atoms with Gasteiger partial charge >= 0.3 is 0 Å². The molecule has 0 heterocycles. The van der Waals surface area contributed by atoms with Crippen LogP contribution in [0, 0.1) is 12.8 Å². The summed E-state index contributed by atoms with van der Waals surface area (Å²) in [7, 11) is 0. The molecule has 0 aromatic heterocycles. The molecular weight excluding hydrogens is 350 g/mol. The number of hydrogen-bond donors (Lipinski definition) is 3. The Labute approximate surface area is 169 Å². The zero-order valence-corrected chi connectivity index (χ0v) is 17.2. The van der Waals surface area contributed by atoms with Gasteiger partial charge in [0.25, 0.3) is 5.91 Å². The minimum absolute atomic E-state index is 0.00627. The number of carbonyl (C=O) groups excluding carboxylic acids is 2. The van der Waals surface area contributed by atoms with Gasteiger partial charge in [0.15, 0.2) is 0 Å². The quantitative estimate of drug-likeness (QED) is 0.660. The molecule has 1 aromatic carbocycles. The van der Waals surface area contributed by atoms with Gasteiger partial charge in [-0.15, -0.1) is 0 Å². The van der Waals surface area contributed by atoms with Gasteiger partial charge < -0.3 is 16.0 Å². The van der Waals surface area contributed by atoms with E-state index in [9.17, 15) is 9.59 Å². The van der Waals surface area contributed by atoms with E-state index in [0.717, 1.165) is 30.6 Å². The van der Waals surface area contributed by atoms with Gasteiger partial charge in [-0.1, -0.05) is 38.5 Å². The van der Waals surface area contributed by atoms with Crippen LogP contribution in [0.3, 0.4) is 0 Å². The molecule has 2 amide bonds. The van der Waals surface area contributed by atoms with Gasteiger partial charge in [-0.05, 0) is 62.3 Å². The second-order valence-corrected chi connectivity index (χ2v) is 8.50. The first-order chi connectivity index (χ1) is 13.6. The summed E-state index contributed by atoms with van der Waals surface area (Å²) in [6.07, 6.45) is 12.2. The van der Waals surface area contributed by atoms with Crippen LogP contribution in [0.2, 0.25) is 0 Å². The van der Waals surface area contributed by atoms with Crippen molar-refractivity contribution < 1.29 is 9.59 Å². The summed E-state index contributed by atoms with van der Waals surface area (Å²) in [5.74, 6) is 0.678. The van der Waals surface area contributed by atoms with Gasteiger partial charge in [-0.2, -0.15) is 0 Å². The molecule has 1 aromatic rings.